The van der Waals surface area contributed by atoms with Crippen molar-refractivity contribution in [2.24, 2.45) is 5.41 Å². The van der Waals surface area contributed by atoms with Crippen LogP contribution in [0.3, 0.4) is 0 Å². The third-order valence-electron chi connectivity index (χ3n) is 3.07. The molecule has 0 aromatic heterocycles. The predicted octanol–water partition coefficient (Wildman–Crippen LogP) is 2.07. The third kappa shape index (κ3) is 4.55. The smallest absolute Gasteiger partial charge is 0.326 e. The van der Waals surface area contributed by atoms with Gasteiger partial charge < -0.3 is 15.3 Å². The first-order chi connectivity index (χ1) is 8.31. The Morgan fingerprint density at radius 3 is 2.50 bits per heavy atom. The van der Waals surface area contributed by atoms with E-state index in [0.717, 1.165) is 19.3 Å². The summed E-state index contributed by atoms with van der Waals surface area (Å²) in [5.74, 6) is -0.900. The van der Waals surface area contributed by atoms with Gasteiger partial charge in [0.15, 0.2) is 0 Å². The molecule has 5 heteroatoms. The van der Waals surface area contributed by atoms with Crippen molar-refractivity contribution in [3.8, 4) is 0 Å². The molecule has 18 heavy (non-hydrogen) atoms. The van der Waals surface area contributed by atoms with Crippen LogP contribution in [-0.2, 0) is 4.79 Å². The van der Waals surface area contributed by atoms with Gasteiger partial charge in [0.05, 0.1) is 0 Å². The van der Waals surface area contributed by atoms with E-state index in [1.807, 2.05) is 20.8 Å². The van der Waals surface area contributed by atoms with Crippen LogP contribution in [0, 0.1) is 5.41 Å². The maximum Gasteiger partial charge on any atom is 0.326 e. The Bertz CT molecular complexity index is 310. The second kappa shape index (κ2) is 6.07. The zero-order chi connectivity index (χ0) is 13.8. The molecule has 1 heterocycles. The van der Waals surface area contributed by atoms with Gasteiger partial charge >= 0.3 is 12.0 Å². The zero-order valence-electron chi connectivity index (χ0n) is 11.5. The number of amides is 2. The van der Waals surface area contributed by atoms with Gasteiger partial charge in [-0.3, -0.25) is 0 Å². The molecule has 2 amide bonds. The van der Waals surface area contributed by atoms with E-state index in [4.69, 9.17) is 0 Å². The van der Waals surface area contributed by atoms with E-state index in [-0.39, 0.29) is 11.4 Å². The van der Waals surface area contributed by atoms with Gasteiger partial charge in [-0.25, -0.2) is 9.59 Å². The number of carboxylic acid groups (broad SMARTS) is 1. The summed E-state index contributed by atoms with van der Waals surface area (Å²) < 4.78 is 0. The Labute approximate surface area is 109 Å². The molecule has 5 nitrogen and oxygen atoms in total. The van der Waals surface area contributed by atoms with Gasteiger partial charge in [-0.15, -0.1) is 0 Å². The summed E-state index contributed by atoms with van der Waals surface area (Å²) in [6.45, 7) is 7.18. The van der Waals surface area contributed by atoms with E-state index in [0.29, 0.717) is 19.5 Å². The van der Waals surface area contributed by atoms with Gasteiger partial charge in [0.2, 0.25) is 0 Å². The molecule has 0 spiro atoms. The largest absolute Gasteiger partial charge is 0.480 e. The number of aliphatic carboxylic acids is 1. The Kier molecular flexibility index (Phi) is 4.99. The number of nitrogens with one attached hydrogen (secondary N) is 1. The van der Waals surface area contributed by atoms with Crippen LogP contribution >= 0.6 is 0 Å². The van der Waals surface area contributed by atoms with Crippen LogP contribution in [0.5, 0.6) is 0 Å². The van der Waals surface area contributed by atoms with Gasteiger partial charge in [-0.1, -0.05) is 33.6 Å². The van der Waals surface area contributed by atoms with Crippen LogP contribution < -0.4 is 5.32 Å². The molecule has 1 fully saturated rings. The zero-order valence-corrected chi connectivity index (χ0v) is 11.5. The summed E-state index contributed by atoms with van der Waals surface area (Å²) >= 11 is 0. The van der Waals surface area contributed by atoms with Crippen molar-refractivity contribution in [2.75, 3.05) is 13.1 Å². The Balaban J connectivity index is 2.64. The second-order valence-electron chi connectivity index (χ2n) is 6.12. The molecule has 1 saturated heterocycles. The van der Waals surface area contributed by atoms with Crippen molar-refractivity contribution in [3.05, 3.63) is 0 Å². The van der Waals surface area contributed by atoms with Gasteiger partial charge in [0.25, 0.3) is 0 Å². The van der Waals surface area contributed by atoms with E-state index in [1.54, 1.807) is 0 Å². The fourth-order valence-corrected chi connectivity index (χ4v) is 2.05. The Morgan fingerprint density at radius 1 is 1.28 bits per heavy atom. The summed E-state index contributed by atoms with van der Waals surface area (Å²) in [6, 6.07) is -0.924. The third-order valence-corrected chi connectivity index (χ3v) is 3.07. The first kappa shape index (κ1) is 14.8. The van der Waals surface area contributed by atoms with Crippen LogP contribution in [-0.4, -0.2) is 41.1 Å². The molecular formula is C13H24N2O3. The minimum absolute atomic E-state index is 0.000228. The quantitative estimate of drug-likeness (QED) is 0.794. The monoisotopic (exact) mass is 256 g/mol. The highest BCUT2D eigenvalue weighted by molar-refractivity contribution is 5.82. The fourth-order valence-electron chi connectivity index (χ4n) is 2.05. The molecule has 1 atom stereocenters. The highest BCUT2D eigenvalue weighted by Gasteiger charge is 2.30. The molecule has 1 unspecified atom stereocenters. The minimum atomic E-state index is -0.900. The summed E-state index contributed by atoms with van der Waals surface area (Å²) in [6.07, 6.45) is 3.30. The lowest BCUT2D eigenvalue weighted by molar-refractivity contribution is -0.142. The molecule has 1 rings (SSSR count). The lowest BCUT2D eigenvalue weighted by atomic mass is 9.97. The van der Waals surface area contributed by atoms with Crippen molar-refractivity contribution in [1.82, 2.24) is 10.2 Å². The number of hydrogen-bond acceptors (Lipinski definition) is 2. The summed E-state index contributed by atoms with van der Waals surface area (Å²) in [5.41, 5.74) is 0.000228. The lowest BCUT2D eigenvalue weighted by Crippen LogP contribution is -2.50. The SMILES string of the molecule is CC(C)(C)CNC(=O)N1CCCCCC1C(=O)O. The molecular weight excluding hydrogens is 232 g/mol. The summed E-state index contributed by atoms with van der Waals surface area (Å²) in [4.78, 5) is 24.7. The van der Waals surface area contributed by atoms with Crippen LogP contribution in [0.25, 0.3) is 0 Å². The molecule has 2 N–H and O–H groups in total. The molecule has 0 aromatic rings. The average Bonchev–Trinajstić information content (AvgIpc) is 2.49. The van der Waals surface area contributed by atoms with E-state index < -0.39 is 12.0 Å². The highest BCUT2D eigenvalue weighted by atomic mass is 16.4. The molecule has 0 bridgehead atoms. The van der Waals surface area contributed by atoms with Gasteiger partial charge in [0.1, 0.15) is 6.04 Å². The number of carbonyl (C=O) groups excluding carboxylic acids is 1. The number of likely N-dealkylation sites (tertiary alicyclic amines) is 1. The van der Waals surface area contributed by atoms with Crippen LogP contribution in [0.2, 0.25) is 0 Å². The number of hydrogen-bond donors (Lipinski definition) is 2. The predicted molar refractivity (Wildman–Crippen MR) is 69.5 cm³/mol. The van der Waals surface area contributed by atoms with Crippen LogP contribution in [0.15, 0.2) is 0 Å². The first-order valence-corrected chi connectivity index (χ1v) is 6.58. The summed E-state index contributed by atoms with van der Waals surface area (Å²) in [5, 5.41) is 12.0. The van der Waals surface area contributed by atoms with E-state index in [9.17, 15) is 14.7 Å². The van der Waals surface area contributed by atoms with Crippen molar-refractivity contribution < 1.29 is 14.7 Å². The lowest BCUT2D eigenvalue weighted by Gasteiger charge is -2.29. The van der Waals surface area contributed by atoms with Gasteiger partial charge in [-0.05, 0) is 18.3 Å². The number of rotatable bonds is 2. The molecule has 0 aliphatic carbocycles. The molecule has 0 saturated carbocycles. The van der Waals surface area contributed by atoms with Gasteiger partial charge in [-0.2, -0.15) is 0 Å². The van der Waals surface area contributed by atoms with E-state index >= 15 is 0 Å². The molecule has 0 radical (unpaired) electrons. The Morgan fingerprint density at radius 2 is 1.94 bits per heavy atom. The topological polar surface area (TPSA) is 69.6 Å². The van der Waals surface area contributed by atoms with Crippen molar-refractivity contribution in [1.29, 1.82) is 0 Å². The van der Waals surface area contributed by atoms with Crippen molar-refractivity contribution >= 4 is 12.0 Å². The number of nitrogens with zero attached hydrogens (tertiary/aromatic N) is 1. The van der Waals surface area contributed by atoms with Crippen LogP contribution in [0.4, 0.5) is 4.79 Å². The summed E-state index contributed by atoms with van der Waals surface area (Å²) in [7, 11) is 0. The second-order valence-corrected chi connectivity index (χ2v) is 6.12. The molecule has 1 aliphatic heterocycles. The van der Waals surface area contributed by atoms with E-state index in [2.05, 4.69) is 5.32 Å². The van der Waals surface area contributed by atoms with Crippen LogP contribution in [0.1, 0.15) is 46.5 Å². The average molecular weight is 256 g/mol. The molecule has 0 aromatic carbocycles. The van der Waals surface area contributed by atoms with Crippen molar-refractivity contribution in [2.45, 2.75) is 52.5 Å². The van der Waals surface area contributed by atoms with Crippen molar-refractivity contribution in [3.63, 3.8) is 0 Å². The molecule has 1 aliphatic rings. The normalized spacial score (nSPS) is 21.3. The number of urea groups is 1. The highest BCUT2D eigenvalue weighted by Crippen LogP contribution is 2.18. The molecule has 104 valence electrons. The van der Waals surface area contributed by atoms with Gasteiger partial charge in [0, 0.05) is 13.1 Å². The first-order valence-electron chi connectivity index (χ1n) is 6.58. The van der Waals surface area contributed by atoms with E-state index in [1.165, 1.54) is 4.90 Å². The minimum Gasteiger partial charge on any atom is -0.480 e. The Hall–Kier alpha value is -1.26. The number of carbonyl (C=O) groups is 2. The maximum atomic E-state index is 12.1. The fraction of sp³-hybridized carbons (Fsp3) is 0.846. The standard InChI is InChI=1S/C13H24N2O3/c1-13(2,3)9-14-12(18)15-8-6-4-5-7-10(15)11(16)17/h10H,4-9H2,1-3H3,(H,14,18)(H,16,17). The maximum absolute atomic E-state index is 12.1. The number of carboxylic acids is 1.